The number of nitro groups is 1. The summed E-state index contributed by atoms with van der Waals surface area (Å²) in [5.41, 5.74) is 6.22. The molecule has 0 bridgehead atoms. The molecule has 0 radical (unpaired) electrons. The first kappa shape index (κ1) is 18.1. The van der Waals surface area contributed by atoms with Crippen LogP contribution in [0.15, 0.2) is 36.4 Å². The van der Waals surface area contributed by atoms with Crippen molar-refractivity contribution in [3.8, 4) is 11.5 Å². The number of anilines is 1. The van der Waals surface area contributed by atoms with E-state index in [1.807, 2.05) is 6.07 Å². The summed E-state index contributed by atoms with van der Waals surface area (Å²) < 4.78 is 10.6. The quantitative estimate of drug-likeness (QED) is 0.489. The summed E-state index contributed by atoms with van der Waals surface area (Å²) in [6.45, 7) is 0.247. The predicted molar refractivity (Wildman–Crippen MR) is 92.9 cm³/mol. The van der Waals surface area contributed by atoms with Crippen LogP contribution in [0.1, 0.15) is 15.9 Å². The smallest absolute Gasteiger partial charge is 0.292 e. The number of para-hydroxylation sites is 1. The number of nitrogen functional groups attached to an aromatic ring is 1. The molecule has 0 spiro atoms. The number of hydrogen-bond acceptors (Lipinski definition) is 6. The van der Waals surface area contributed by atoms with Crippen molar-refractivity contribution in [2.45, 2.75) is 6.54 Å². The van der Waals surface area contributed by atoms with E-state index in [0.29, 0.717) is 11.5 Å². The third-order valence-corrected chi connectivity index (χ3v) is 3.71. The maximum absolute atomic E-state index is 12.6. The van der Waals surface area contributed by atoms with Gasteiger partial charge in [0, 0.05) is 30.8 Å². The summed E-state index contributed by atoms with van der Waals surface area (Å²) in [5.74, 6) is 0.727. The maximum atomic E-state index is 12.6. The minimum Gasteiger partial charge on any atom is -0.493 e. The third-order valence-electron chi connectivity index (χ3n) is 3.71. The van der Waals surface area contributed by atoms with Crippen molar-refractivity contribution < 1.29 is 19.2 Å². The van der Waals surface area contributed by atoms with E-state index in [1.165, 1.54) is 37.3 Å². The lowest BCUT2D eigenvalue weighted by Crippen LogP contribution is -2.26. The number of rotatable bonds is 6. The first-order valence-electron chi connectivity index (χ1n) is 7.38. The van der Waals surface area contributed by atoms with Crippen molar-refractivity contribution in [1.29, 1.82) is 0 Å². The lowest BCUT2D eigenvalue weighted by atomic mass is 10.1. The van der Waals surface area contributed by atoms with Crippen LogP contribution in [-0.4, -0.2) is 37.0 Å². The second-order valence-corrected chi connectivity index (χ2v) is 5.34. The van der Waals surface area contributed by atoms with Crippen molar-refractivity contribution in [2.75, 3.05) is 27.0 Å². The minimum atomic E-state index is -0.614. The molecule has 1 amide bonds. The molecule has 0 aromatic heterocycles. The lowest BCUT2D eigenvalue weighted by molar-refractivity contribution is -0.383. The summed E-state index contributed by atoms with van der Waals surface area (Å²) >= 11 is 0. The second-order valence-electron chi connectivity index (χ2n) is 5.34. The molecule has 2 rings (SSSR count). The lowest BCUT2D eigenvalue weighted by Gasteiger charge is -2.20. The Labute approximate surface area is 144 Å². The van der Waals surface area contributed by atoms with Crippen LogP contribution in [0.2, 0.25) is 0 Å². The normalized spacial score (nSPS) is 10.2. The molecule has 0 aliphatic heterocycles. The summed E-state index contributed by atoms with van der Waals surface area (Å²) in [6.07, 6.45) is 0. The molecule has 0 saturated carbocycles. The van der Waals surface area contributed by atoms with Gasteiger partial charge in [0.1, 0.15) is 5.69 Å². The van der Waals surface area contributed by atoms with Gasteiger partial charge in [0.2, 0.25) is 0 Å². The largest absolute Gasteiger partial charge is 0.493 e. The van der Waals surface area contributed by atoms with E-state index in [2.05, 4.69) is 0 Å². The Morgan fingerprint density at radius 3 is 2.56 bits per heavy atom. The Bertz CT molecular complexity index is 807. The summed E-state index contributed by atoms with van der Waals surface area (Å²) in [5, 5.41) is 11.0. The molecular weight excluding hydrogens is 326 g/mol. The van der Waals surface area contributed by atoms with Crippen molar-refractivity contribution >= 4 is 17.3 Å². The maximum Gasteiger partial charge on any atom is 0.292 e. The Kier molecular flexibility index (Phi) is 5.43. The molecule has 0 atom stereocenters. The van der Waals surface area contributed by atoms with Gasteiger partial charge in [-0.15, -0.1) is 0 Å². The van der Waals surface area contributed by atoms with Gasteiger partial charge in [-0.3, -0.25) is 14.9 Å². The molecule has 2 aromatic carbocycles. The number of nitrogens with two attached hydrogens (primary N) is 1. The van der Waals surface area contributed by atoms with E-state index < -0.39 is 4.92 Å². The van der Waals surface area contributed by atoms with Gasteiger partial charge in [0.25, 0.3) is 11.6 Å². The van der Waals surface area contributed by atoms with E-state index in [9.17, 15) is 14.9 Å². The number of benzene rings is 2. The Morgan fingerprint density at radius 2 is 1.96 bits per heavy atom. The highest BCUT2D eigenvalue weighted by Crippen LogP contribution is 2.31. The SMILES string of the molecule is COc1cccc(CN(C)C(=O)c2ccc(N)c([N+](=O)[O-])c2)c1OC. The fraction of sp³-hybridized carbons (Fsp3) is 0.235. The number of amides is 1. The highest BCUT2D eigenvalue weighted by Gasteiger charge is 2.20. The predicted octanol–water partition coefficient (Wildman–Crippen LogP) is 2.47. The third kappa shape index (κ3) is 3.79. The Balaban J connectivity index is 2.27. The van der Waals surface area contributed by atoms with Crippen molar-refractivity contribution in [1.82, 2.24) is 4.90 Å². The molecule has 25 heavy (non-hydrogen) atoms. The summed E-state index contributed by atoms with van der Waals surface area (Å²) in [6, 6.07) is 9.36. The number of carbonyl (C=O) groups is 1. The molecule has 8 nitrogen and oxygen atoms in total. The van der Waals surface area contributed by atoms with Crippen molar-refractivity contribution in [3.05, 3.63) is 57.6 Å². The van der Waals surface area contributed by atoms with Crippen LogP contribution in [0, 0.1) is 10.1 Å². The molecule has 2 aromatic rings. The van der Waals surface area contributed by atoms with Gasteiger partial charge >= 0.3 is 0 Å². The Hall–Kier alpha value is -3.29. The van der Waals surface area contributed by atoms with Gasteiger partial charge in [-0.2, -0.15) is 0 Å². The minimum absolute atomic E-state index is 0.0127. The van der Waals surface area contributed by atoms with E-state index in [-0.39, 0.29) is 29.4 Å². The van der Waals surface area contributed by atoms with Gasteiger partial charge in [0.15, 0.2) is 11.5 Å². The monoisotopic (exact) mass is 345 g/mol. The number of nitro benzene ring substituents is 1. The zero-order chi connectivity index (χ0) is 18.6. The van der Waals surface area contributed by atoms with Crippen LogP contribution in [0.4, 0.5) is 11.4 Å². The number of methoxy groups -OCH3 is 2. The zero-order valence-electron chi connectivity index (χ0n) is 14.2. The van der Waals surface area contributed by atoms with E-state index in [1.54, 1.807) is 19.2 Å². The van der Waals surface area contributed by atoms with Crippen molar-refractivity contribution in [3.63, 3.8) is 0 Å². The molecule has 0 fully saturated rings. The van der Waals surface area contributed by atoms with Gasteiger partial charge in [-0.1, -0.05) is 12.1 Å². The molecule has 2 N–H and O–H groups in total. The average Bonchev–Trinajstić information content (AvgIpc) is 2.60. The van der Waals surface area contributed by atoms with Crippen LogP contribution in [0.5, 0.6) is 11.5 Å². The van der Waals surface area contributed by atoms with Crippen molar-refractivity contribution in [2.24, 2.45) is 0 Å². The number of hydrogen-bond donors (Lipinski definition) is 1. The fourth-order valence-electron chi connectivity index (χ4n) is 2.46. The molecule has 0 unspecified atom stereocenters. The molecule has 0 heterocycles. The fourth-order valence-corrected chi connectivity index (χ4v) is 2.46. The summed E-state index contributed by atoms with van der Waals surface area (Å²) in [4.78, 5) is 24.4. The topological polar surface area (TPSA) is 108 Å². The highest BCUT2D eigenvalue weighted by atomic mass is 16.6. The van der Waals surface area contributed by atoms with Crippen LogP contribution in [-0.2, 0) is 6.54 Å². The van der Waals surface area contributed by atoms with Crippen LogP contribution < -0.4 is 15.2 Å². The number of ether oxygens (including phenoxy) is 2. The molecule has 0 aliphatic rings. The van der Waals surface area contributed by atoms with Gasteiger partial charge in [0.05, 0.1) is 19.1 Å². The van der Waals surface area contributed by atoms with E-state index in [0.717, 1.165) is 5.56 Å². The average molecular weight is 345 g/mol. The molecule has 132 valence electrons. The molecule has 0 saturated heterocycles. The van der Waals surface area contributed by atoms with E-state index >= 15 is 0 Å². The number of nitrogens with zero attached hydrogens (tertiary/aromatic N) is 2. The summed E-state index contributed by atoms with van der Waals surface area (Å²) in [7, 11) is 4.65. The van der Waals surface area contributed by atoms with Gasteiger partial charge in [-0.05, 0) is 18.2 Å². The first-order valence-corrected chi connectivity index (χ1v) is 7.38. The highest BCUT2D eigenvalue weighted by molar-refractivity contribution is 5.95. The Morgan fingerprint density at radius 1 is 1.24 bits per heavy atom. The number of carbonyl (C=O) groups excluding carboxylic acids is 1. The second kappa shape index (κ2) is 7.52. The van der Waals surface area contributed by atoms with Crippen LogP contribution in [0.3, 0.4) is 0 Å². The van der Waals surface area contributed by atoms with Crippen LogP contribution in [0.25, 0.3) is 0 Å². The van der Waals surface area contributed by atoms with Gasteiger partial charge < -0.3 is 20.1 Å². The standard InChI is InChI=1S/C17H19N3O5/c1-19(10-12-5-4-6-15(24-2)16(12)25-3)17(21)11-7-8-13(18)14(9-11)20(22)23/h4-9H,10,18H2,1-3H3. The van der Waals surface area contributed by atoms with Gasteiger partial charge in [-0.25, -0.2) is 0 Å². The van der Waals surface area contributed by atoms with Crippen LogP contribution >= 0.6 is 0 Å². The molecule has 0 aliphatic carbocycles. The van der Waals surface area contributed by atoms with E-state index in [4.69, 9.17) is 15.2 Å². The molecular formula is C17H19N3O5. The first-order chi connectivity index (χ1) is 11.9. The zero-order valence-corrected chi connectivity index (χ0v) is 14.2. The molecule has 8 heteroatoms.